The summed E-state index contributed by atoms with van der Waals surface area (Å²) in [6.07, 6.45) is -5.01. The third-order valence-electron chi connectivity index (χ3n) is 5.51. The molecule has 3 nitrogen and oxygen atoms in total. The Morgan fingerprint density at radius 1 is 0.966 bits per heavy atom. The first kappa shape index (κ1) is 23.8. The molecule has 0 radical (unpaired) electrons. The zero-order chi connectivity index (χ0) is 19.0. The first-order chi connectivity index (χ1) is 13.0. The summed E-state index contributed by atoms with van der Waals surface area (Å²) in [5.41, 5.74) is 2.95. The molecule has 1 fully saturated rings. The first-order valence-electron chi connectivity index (χ1n) is 9.50. The van der Waals surface area contributed by atoms with E-state index in [0.29, 0.717) is 13.1 Å². The van der Waals surface area contributed by atoms with Gasteiger partial charge in [-0.2, -0.15) is 13.2 Å². The van der Waals surface area contributed by atoms with Gasteiger partial charge in [0.1, 0.15) is 0 Å². The second-order valence-corrected chi connectivity index (χ2v) is 7.16. The molecule has 4 rings (SSSR count). The molecule has 0 spiro atoms. The van der Waals surface area contributed by atoms with Gasteiger partial charge in [0, 0.05) is 60.6 Å². The van der Waals surface area contributed by atoms with Crippen LogP contribution in [0.25, 0.3) is 21.8 Å². The lowest BCUT2D eigenvalue weighted by Gasteiger charge is -2.35. The fraction of sp³-hybridized carbons (Fsp3) is 0.429. The summed E-state index contributed by atoms with van der Waals surface area (Å²) in [5.74, 6) is 0. The number of nitrogens with one attached hydrogen (secondary N) is 1. The summed E-state index contributed by atoms with van der Waals surface area (Å²) in [6, 6.07) is 13.3. The number of benzene rings is 2. The van der Waals surface area contributed by atoms with E-state index < -0.39 is 18.6 Å². The third kappa shape index (κ3) is 4.82. The zero-order valence-corrected chi connectivity index (χ0v) is 17.8. The Balaban J connectivity index is 0.00000150. The summed E-state index contributed by atoms with van der Waals surface area (Å²) in [5, 5.41) is 5.36. The summed E-state index contributed by atoms with van der Waals surface area (Å²) >= 11 is 0. The first-order valence-corrected chi connectivity index (χ1v) is 9.50. The maximum atomic E-state index is 13.3. The van der Waals surface area contributed by atoms with Crippen molar-refractivity contribution >= 4 is 46.6 Å². The van der Waals surface area contributed by atoms with Gasteiger partial charge in [0.15, 0.2) is 0 Å². The number of aryl methyl sites for hydroxylation is 1. The van der Waals surface area contributed by atoms with E-state index in [-0.39, 0.29) is 24.8 Å². The number of halogens is 5. The molecule has 0 amide bonds. The van der Waals surface area contributed by atoms with Crippen molar-refractivity contribution in [3.8, 4) is 0 Å². The van der Waals surface area contributed by atoms with Gasteiger partial charge in [-0.1, -0.05) is 24.3 Å². The van der Waals surface area contributed by atoms with Gasteiger partial charge < -0.3 is 9.88 Å². The summed E-state index contributed by atoms with van der Waals surface area (Å²) in [6.45, 7) is 5.64. The highest BCUT2D eigenvalue weighted by Gasteiger charge is 2.36. The second-order valence-electron chi connectivity index (χ2n) is 7.16. The largest absolute Gasteiger partial charge is 0.390 e. The molecular formula is C21H26Cl2F3N3. The number of nitrogens with zero attached hydrogens (tertiary/aromatic N) is 2. The minimum absolute atomic E-state index is 0. The van der Waals surface area contributed by atoms with Crippen LogP contribution in [-0.2, 0) is 6.54 Å². The molecule has 0 bridgehead atoms. The molecule has 160 valence electrons. The number of hydrogen-bond donors (Lipinski definition) is 1. The number of rotatable bonds is 4. The molecule has 0 aliphatic carbocycles. The van der Waals surface area contributed by atoms with Gasteiger partial charge in [0.25, 0.3) is 0 Å². The fourth-order valence-electron chi connectivity index (χ4n) is 4.29. The van der Waals surface area contributed by atoms with E-state index in [0.717, 1.165) is 47.0 Å². The minimum Gasteiger partial charge on any atom is -0.341 e. The number of hydrogen-bond acceptors (Lipinski definition) is 2. The van der Waals surface area contributed by atoms with E-state index in [1.807, 2.05) is 35.2 Å². The molecule has 1 atom stereocenters. The maximum absolute atomic E-state index is 13.3. The topological polar surface area (TPSA) is 20.2 Å². The lowest BCUT2D eigenvalue weighted by molar-refractivity contribution is -0.148. The van der Waals surface area contributed by atoms with Gasteiger partial charge in [0.05, 0.1) is 6.42 Å². The summed E-state index contributed by atoms with van der Waals surface area (Å²) in [4.78, 5) is 1.96. The molecule has 1 aromatic heterocycles. The number of fused-ring (bicyclic) bond motifs is 3. The van der Waals surface area contributed by atoms with Crippen molar-refractivity contribution in [2.24, 2.45) is 0 Å². The van der Waals surface area contributed by atoms with E-state index in [1.165, 1.54) is 0 Å². The average Bonchev–Trinajstić information content (AvgIpc) is 2.99. The predicted octanol–water partition coefficient (Wildman–Crippen LogP) is 5.56. The predicted molar refractivity (Wildman–Crippen MR) is 117 cm³/mol. The second kappa shape index (κ2) is 9.56. The van der Waals surface area contributed by atoms with Crippen LogP contribution in [0.15, 0.2) is 42.5 Å². The van der Waals surface area contributed by atoms with Gasteiger partial charge in [-0.05, 0) is 30.7 Å². The Hall–Kier alpha value is -1.47. The van der Waals surface area contributed by atoms with Crippen LogP contribution in [0.4, 0.5) is 13.2 Å². The van der Waals surface area contributed by atoms with Crippen LogP contribution in [0.1, 0.15) is 24.9 Å². The van der Waals surface area contributed by atoms with Crippen molar-refractivity contribution < 1.29 is 13.2 Å². The van der Waals surface area contributed by atoms with Crippen molar-refractivity contribution in [1.29, 1.82) is 0 Å². The molecule has 8 heteroatoms. The van der Waals surface area contributed by atoms with Gasteiger partial charge in [-0.25, -0.2) is 0 Å². The fourth-order valence-corrected chi connectivity index (χ4v) is 4.29. The van der Waals surface area contributed by atoms with E-state index >= 15 is 0 Å². The molecule has 1 N–H and O–H groups in total. The molecule has 0 saturated carbocycles. The Morgan fingerprint density at radius 3 is 2.28 bits per heavy atom. The maximum Gasteiger partial charge on any atom is 0.390 e. The third-order valence-corrected chi connectivity index (χ3v) is 5.51. The number of aromatic nitrogens is 1. The molecule has 1 aliphatic rings. The van der Waals surface area contributed by atoms with E-state index in [4.69, 9.17) is 0 Å². The standard InChI is InChI=1S/C21H24F3N3.2ClH/c1-2-27-18-6-4-3-5-16(18)17-13-15(7-8-19(17)27)20(14-21(22,23)24)26-11-9-25-10-12-26;;/h3-8,13,20,25H,2,9-12,14H2,1H3;2*1H/t20-;;/m0../s1. The van der Waals surface area contributed by atoms with Crippen LogP contribution >= 0.6 is 24.8 Å². The van der Waals surface area contributed by atoms with Crippen LogP contribution < -0.4 is 5.32 Å². The van der Waals surface area contributed by atoms with Crippen LogP contribution in [0.5, 0.6) is 0 Å². The monoisotopic (exact) mass is 447 g/mol. The molecule has 0 unspecified atom stereocenters. The molecule has 1 aliphatic heterocycles. The van der Waals surface area contributed by atoms with Crippen LogP contribution in [0.2, 0.25) is 0 Å². The highest BCUT2D eigenvalue weighted by molar-refractivity contribution is 6.08. The summed E-state index contributed by atoms with van der Waals surface area (Å²) in [7, 11) is 0. The van der Waals surface area contributed by atoms with Crippen LogP contribution in [0, 0.1) is 0 Å². The normalized spacial score (nSPS) is 16.4. The average molecular weight is 448 g/mol. The van der Waals surface area contributed by atoms with Crippen LogP contribution in [0.3, 0.4) is 0 Å². The smallest absolute Gasteiger partial charge is 0.341 e. The molecule has 2 heterocycles. The Kier molecular flexibility index (Phi) is 7.85. The minimum atomic E-state index is -4.19. The Bertz CT molecular complexity index is 949. The lowest BCUT2D eigenvalue weighted by atomic mass is 9.98. The van der Waals surface area contributed by atoms with E-state index in [2.05, 4.69) is 28.9 Å². The quantitative estimate of drug-likeness (QED) is 0.564. The van der Waals surface area contributed by atoms with E-state index in [9.17, 15) is 13.2 Å². The number of alkyl halides is 3. The molecule has 2 aromatic carbocycles. The van der Waals surface area contributed by atoms with Crippen molar-refractivity contribution in [2.75, 3.05) is 26.2 Å². The van der Waals surface area contributed by atoms with E-state index in [1.54, 1.807) is 0 Å². The Morgan fingerprint density at radius 2 is 1.62 bits per heavy atom. The zero-order valence-electron chi connectivity index (χ0n) is 16.2. The van der Waals surface area contributed by atoms with Gasteiger partial charge in [0.2, 0.25) is 0 Å². The summed E-state index contributed by atoms with van der Waals surface area (Å²) < 4.78 is 42.2. The van der Waals surface area contributed by atoms with Crippen molar-refractivity contribution in [2.45, 2.75) is 32.1 Å². The lowest BCUT2D eigenvalue weighted by Crippen LogP contribution is -2.46. The van der Waals surface area contributed by atoms with Gasteiger partial charge in [-0.15, -0.1) is 24.8 Å². The molecular weight excluding hydrogens is 422 g/mol. The van der Waals surface area contributed by atoms with Crippen molar-refractivity contribution in [3.05, 3.63) is 48.0 Å². The number of para-hydroxylation sites is 1. The van der Waals surface area contributed by atoms with Crippen LogP contribution in [-0.4, -0.2) is 41.8 Å². The Labute approximate surface area is 181 Å². The van der Waals surface area contributed by atoms with Gasteiger partial charge >= 0.3 is 6.18 Å². The van der Waals surface area contributed by atoms with Crippen molar-refractivity contribution in [1.82, 2.24) is 14.8 Å². The highest BCUT2D eigenvalue weighted by Crippen LogP contribution is 2.37. The van der Waals surface area contributed by atoms with Gasteiger partial charge in [-0.3, -0.25) is 4.90 Å². The molecule has 3 aromatic rings. The van der Waals surface area contributed by atoms with Crippen molar-refractivity contribution in [3.63, 3.8) is 0 Å². The SMILES string of the molecule is CCn1c2ccccc2c2cc([C@H](CC(F)(F)F)N3CCNCC3)ccc21.Cl.Cl. The molecule has 1 saturated heterocycles. The number of piperazine rings is 1. The highest BCUT2D eigenvalue weighted by atomic mass is 35.5. The molecule has 29 heavy (non-hydrogen) atoms.